The second-order valence-corrected chi connectivity index (χ2v) is 8.46. The van der Waals surface area contributed by atoms with Gasteiger partial charge in [0.1, 0.15) is 0 Å². The molecule has 0 aromatic heterocycles. The van der Waals surface area contributed by atoms with Crippen LogP contribution >= 0.6 is 0 Å². The first-order valence-corrected chi connectivity index (χ1v) is 9.70. The predicted molar refractivity (Wildman–Crippen MR) is 85.4 cm³/mol. The van der Waals surface area contributed by atoms with Crippen molar-refractivity contribution in [2.45, 2.75) is 4.90 Å². The van der Waals surface area contributed by atoms with Gasteiger partial charge in [0.2, 0.25) is 10.0 Å². The van der Waals surface area contributed by atoms with Gasteiger partial charge in [0.05, 0.1) is 36.0 Å². The molecule has 0 aliphatic heterocycles. The van der Waals surface area contributed by atoms with Crippen molar-refractivity contribution >= 4 is 32.1 Å². The van der Waals surface area contributed by atoms with Crippen LogP contribution < -0.4 is 0 Å². The SMILES string of the molecule is COC(=O)c1cc(C(=O)OC)cc(S(=O)(=O)N(C)CCS(=O)(=O)O)c1. The summed E-state index contributed by atoms with van der Waals surface area (Å²) in [5.74, 6) is -2.56. The molecule has 1 N–H and O–H groups in total. The summed E-state index contributed by atoms with van der Waals surface area (Å²) >= 11 is 0. The Morgan fingerprint density at radius 1 is 1.00 bits per heavy atom. The summed E-state index contributed by atoms with van der Waals surface area (Å²) < 4.78 is 65.0. The van der Waals surface area contributed by atoms with Gasteiger partial charge in [-0.3, -0.25) is 4.55 Å². The number of rotatable bonds is 7. The van der Waals surface area contributed by atoms with Crippen LogP contribution in [0.25, 0.3) is 0 Å². The van der Waals surface area contributed by atoms with E-state index < -0.39 is 49.3 Å². The Labute approximate surface area is 145 Å². The summed E-state index contributed by atoms with van der Waals surface area (Å²) in [5, 5.41) is 0. The van der Waals surface area contributed by atoms with E-state index in [1.165, 1.54) is 0 Å². The number of methoxy groups -OCH3 is 2. The molecular weight excluding hydrogens is 378 g/mol. The summed E-state index contributed by atoms with van der Waals surface area (Å²) in [6.07, 6.45) is 0. The minimum absolute atomic E-state index is 0.202. The van der Waals surface area contributed by atoms with Gasteiger partial charge < -0.3 is 9.47 Å². The number of benzene rings is 1. The van der Waals surface area contributed by atoms with Gasteiger partial charge in [0, 0.05) is 13.6 Å². The first-order chi connectivity index (χ1) is 11.4. The number of carbonyl (C=O) groups excluding carboxylic acids is 2. The lowest BCUT2D eigenvalue weighted by Crippen LogP contribution is -2.32. The number of carbonyl (C=O) groups is 2. The fourth-order valence-corrected chi connectivity index (χ4v) is 3.63. The number of hydrogen-bond acceptors (Lipinski definition) is 8. The van der Waals surface area contributed by atoms with Gasteiger partial charge in [-0.2, -0.15) is 12.7 Å². The summed E-state index contributed by atoms with van der Waals surface area (Å²) in [5.41, 5.74) is -0.403. The zero-order valence-electron chi connectivity index (χ0n) is 13.6. The van der Waals surface area contributed by atoms with Gasteiger partial charge in [0.25, 0.3) is 10.1 Å². The van der Waals surface area contributed by atoms with E-state index in [0.717, 1.165) is 39.5 Å². The molecule has 0 radical (unpaired) electrons. The van der Waals surface area contributed by atoms with Crippen molar-refractivity contribution in [1.82, 2.24) is 4.31 Å². The van der Waals surface area contributed by atoms with Crippen molar-refractivity contribution < 1.29 is 40.5 Å². The van der Waals surface area contributed by atoms with Crippen molar-refractivity contribution in [2.75, 3.05) is 33.6 Å². The Hall–Kier alpha value is -2.02. The predicted octanol–water partition coefficient (Wildman–Crippen LogP) is -0.232. The van der Waals surface area contributed by atoms with E-state index in [-0.39, 0.29) is 11.1 Å². The molecule has 0 spiro atoms. The molecular formula is C13H17NO9S2. The number of esters is 2. The second kappa shape index (κ2) is 7.91. The van der Waals surface area contributed by atoms with Crippen LogP contribution in [0.2, 0.25) is 0 Å². The van der Waals surface area contributed by atoms with E-state index in [0.29, 0.717) is 4.31 Å². The Morgan fingerprint density at radius 2 is 1.44 bits per heavy atom. The third kappa shape index (κ3) is 5.49. The summed E-state index contributed by atoms with van der Waals surface area (Å²) in [6.45, 7) is -0.531. The smallest absolute Gasteiger partial charge is 0.337 e. The number of nitrogens with zero attached hydrogens (tertiary/aromatic N) is 1. The lowest BCUT2D eigenvalue weighted by molar-refractivity contribution is 0.0598. The third-order valence-corrected chi connectivity index (χ3v) is 5.65. The Kier molecular flexibility index (Phi) is 6.65. The molecule has 140 valence electrons. The Bertz CT molecular complexity index is 841. The molecule has 1 rings (SSSR count). The summed E-state index contributed by atoms with van der Waals surface area (Å²) in [7, 11) is -5.36. The highest BCUT2D eigenvalue weighted by atomic mass is 32.2. The Balaban J connectivity index is 3.37. The first-order valence-electron chi connectivity index (χ1n) is 6.65. The molecule has 25 heavy (non-hydrogen) atoms. The van der Waals surface area contributed by atoms with Crippen LogP contribution in [0, 0.1) is 0 Å². The topological polar surface area (TPSA) is 144 Å². The van der Waals surface area contributed by atoms with E-state index >= 15 is 0 Å². The maximum atomic E-state index is 12.5. The van der Waals surface area contributed by atoms with Crippen molar-refractivity contribution in [3.63, 3.8) is 0 Å². The van der Waals surface area contributed by atoms with Crippen LogP contribution in [0.3, 0.4) is 0 Å². The van der Waals surface area contributed by atoms with Crippen molar-refractivity contribution in [3.05, 3.63) is 29.3 Å². The van der Waals surface area contributed by atoms with E-state index in [2.05, 4.69) is 9.47 Å². The Morgan fingerprint density at radius 3 is 1.80 bits per heavy atom. The number of hydrogen-bond donors (Lipinski definition) is 1. The van der Waals surface area contributed by atoms with Crippen LogP contribution in [0.5, 0.6) is 0 Å². The quantitative estimate of drug-likeness (QED) is 0.489. The number of sulfonamides is 1. The first kappa shape index (κ1) is 21.0. The molecule has 0 amide bonds. The van der Waals surface area contributed by atoms with E-state index in [1.54, 1.807) is 0 Å². The molecule has 0 heterocycles. The molecule has 0 unspecified atom stereocenters. The highest BCUT2D eigenvalue weighted by Crippen LogP contribution is 2.20. The maximum absolute atomic E-state index is 12.5. The van der Waals surface area contributed by atoms with Crippen LogP contribution in [0.4, 0.5) is 0 Å². The lowest BCUT2D eigenvalue weighted by atomic mass is 10.1. The van der Waals surface area contributed by atoms with Crippen LogP contribution in [0.15, 0.2) is 23.1 Å². The van der Waals surface area contributed by atoms with Crippen LogP contribution in [0.1, 0.15) is 20.7 Å². The second-order valence-electron chi connectivity index (χ2n) is 4.84. The van der Waals surface area contributed by atoms with E-state index in [4.69, 9.17) is 4.55 Å². The molecule has 0 aliphatic carbocycles. The number of ether oxygens (including phenoxy) is 2. The van der Waals surface area contributed by atoms with Gasteiger partial charge in [-0.15, -0.1) is 0 Å². The molecule has 0 bridgehead atoms. The largest absolute Gasteiger partial charge is 0.465 e. The van der Waals surface area contributed by atoms with Gasteiger partial charge in [-0.05, 0) is 18.2 Å². The van der Waals surface area contributed by atoms with Crippen molar-refractivity contribution in [1.29, 1.82) is 0 Å². The zero-order chi connectivity index (χ0) is 19.4. The molecule has 12 heteroatoms. The zero-order valence-corrected chi connectivity index (χ0v) is 15.3. The minimum atomic E-state index is -4.37. The van der Waals surface area contributed by atoms with Gasteiger partial charge in [0.15, 0.2) is 0 Å². The molecule has 1 aromatic carbocycles. The standard InChI is InChI=1S/C13H17NO9S2/c1-14(4-5-24(17,18)19)25(20,21)11-7-9(12(15)22-2)6-10(8-11)13(16)23-3/h6-8H,4-5H2,1-3H3,(H,17,18,19). The molecule has 0 aliphatic rings. The molecule has 0 atom stereocenters. The molecule has 10 nitrogen and oxygen atoms in total. The van der Waals surface area contributed by atoms with Gasteiger partial charge in [-0.1, -0.05) is 0 Å². The van der Waals surface area contributed by atoms with Crippen LogP contribution in [-0.2, 0) is 29.6 Å². The van der Waals surface area contributed by atoms with E-state index in [9.17, 15) is 26.4 Å². The van der Waals surface area contributed by atoms with Crippen molar-refractivity contribution in [3.8, 4) is 0 Å². The van der Waals surface area contributed by atoms with Crippen molar-refractivity contribution in [2.24, 2.45) is 0 Å². The molecule has 0 saturated carbocycles. The summed E-state index contributed by atoms with van der Waals surface area (Å²) in [4.78, 5) is 22.9. The molecule has 0 saturated heterocycles. The normalized spacial score (nSPS) is 12.0. The fourth-order valence-electron chi connectivity index (χ4n) is 1.76. The third-order valence-electron chi connectivity index (χ3n) is 3.12. The fraction of sp³-hybridized carbons (Fsp3) is 0.385. The van der Waals surface area contributed by atoms with Gasteiger partial charge in [-0.25, -0.2) is 18.0 Å². The molecule has 1 aromatic rings. The molecule has 0 fully saturated rings. The highest BCUT2D eigenvalue weighted by molar-refractivity contribution is 7.89. The average molecular weight is 395 g/mol. The highest BCUT2D eigenvalue weighted by Gasteiger charge is 2.25. The lowest BCUT2D eigenvalue weighted by Gasteiger charge is -2.17. The van der Waals surface area contributed by atoms with Gasteiger partial charge >= 0.3 is 11.9 Å². The van der Waals surface area contributed by atoms with E-state index in [1.807, 2.05) is 0 Å². The average Bonchev–Trinajstić information content (AvgIpc) is 2.56. The monoisotopic (exact) mass is 395 g/mol. The summed E-state index contributed by atoms with van der Waals surface area (Å²) in [6, 6.07) is 3.07. The maximum Gasteiger partial charge on any atom is 0.337 e. The van der Waals surface area contributed by atoms with Crippen LogP contribution in [-0.4, -0.2) is 71.2 Å². The minimum Gasteiger partial charge on any atom is -0.465 e.